The molecule has 0 aromatic rings. The minimum Gasteiger partial charge on any atom is -1.00 e. The molecular formula is H7Na3O6P2+2. The van der Waals surface area contributed by atoms with Gasteiger partial charge in [-0.25, -0.2) is 4.57 Å². The van der Waals surface area contributed by atoms with Gasteiger partial charge in [0.2, 0.25) is 0 Å². The quantitative estimate of drug-likeness (QED) is 0.324. The Balaban J connectivity index is -0.0000000117. The number of rotatable bonds is 2. The molecule has 0 aromatic carbocycles. The standard InChI is InChI=1S/3Na.H2O6P2.3H/c;;;1-7(2)6-8(3,4)5;;;/h;;;(H2-,1,2,3,4,5);;;/q3*+1;;3*-1/p+2. The van der Waals surface area contributed by atoms with Crippen molar-refractivity contribution >= 4 is 16.1 Å². The fraction of sp³-hybridized carbons (Fsp3) is 0. The third kappa shape index (κ3) is 24.6. The number of hydrogen-bond acceptors (Lipinski definition) is 3. The summed E-state index contributed by atoms with van der Waals surface area (Å²) in [6.45, 7) is 0. The maximum atomic E-state index is 9.57. The first kappa shape index (κ1) is 23.8. The first-order valence-corrected chi connectivity index (χ1v) is 3.99. The van der Waals surface area contributed by atoms with Gasteiger partial charge in [0, 0.05) is 4.57 Å². The Bertz CT molecular complexity index is 151. The summed E-state index contributed by atoms with van der Waals surface area (Å²) in [6.07, 6.45) is 0. The van der Waals surface area contributed by atoms with Crippen molar-refractivity contribution in [1.29, 1.82) is 0 Å². The third-order valence-corrected chi connectivity index (χ3v) is 1.59. The molecule has 0 saturated carbocycles. The van der Waals surface area contributed by atoms with Crippen LogP contribution in [-0.2, 0) is 13.4 Å². The van der Waals surface area contributed by atoms with E-state index in [9.17, 15) is 9.13 Å². The molecule has 0 heterocycles. The van der Waals surface area contributed by atoms with Gasteiger partial charge in [-0.15, -0.1) is 4.89 Å². The zero-order valence-corrected chi connectivity index (χ0v) is 14.2. The van der Waals surface area contributed by atoms with Crippen LogP contribution in [0.4, 0.5) is 0 Å². The van der Waals surface area contributed by atoms with E-state index in [1.165, 1.54) is 0 Å². The van der Waals surface area contributed by atoms with Gasteiger partial charge in [-0.05, 0) is 4.31 Å². The maximum Gasteiger partial charge on any atom is 1.00 e. The molecule has 0 fully saturated rings. The van der Waals surface area contributed by atoms with Crippen molar-refractivity contribution in [2.75, 3.05) is 0 Å². The molecule has 54 valence electrons. The van der Waals surface area contributed by atoms with E-state index in [4.69, 9.17) is 14.7 Å². The maximum absolute atomic E-state index is 9.57. The van der Waals surface area contributed by atoms with Crippen LogP contribution >= 0.6 is 16.1 Å². The predicted octanol–water partition coefficient (Wildman–Crippen LogP) is -8.79. The first-order chi connectivity index (χ1) is 3.42. The van der Waals surface area contributed by atoms with Crippen LogP contribution in [0.25, 0.3) is 0 Å². The molecule has 1 unspecified atom stereocenters. The second kappa shape index (κ2) is 11.2. The summed E-state index contributed by atoms with van der Waals surface area (Å²) < 4.78 is 22.2. The third-order valence-electron chi connectivity index (χ3n) is 0.176. The number of phosphoric acid groups is 1. The van der Waals surface area contributed by atoms with Crippen molar-refractivity contribution in [2.24, 2.45) is 0 Å². The van der Waals surface area contributed by atoms with Crippen molar-refractivity contribution in [3.8, 4) is 0 Å². The largest absolute Gasteiger partial charge is 1.00 e. The van der Waals surface area contributed by atoms with E-state index in [0.717, 1.165) is 0 Å². The van der Waals surface area contributed by atoms with Gasteiger partial charge in [-0.3, -0.25) is 0 Å². The van der Waals surface area contributed by atoms with E-state index >= 15 is 0 Å². The number of hydrogen-bond donors (Lipinski definition) is 3. The molecule has 0 aromatic heterocycles. The van der Waals surface area contributed by atoms with Gasteiger partial charge in [-0.2, -0.15) is 0 Å². The molecule has 0 rings (SSSR count). The second-order valence-electron chi connectivity index (χ2n) is 0.810. The van der Waals surface area contributed by atoms with Crippen LogP contribution in [0.5, 0.6) is 0 Å². The zero-order valence-electron chi connectivity index (χ0n) is 10.5. The molecule has 0 aliphatic heterocycles. The molecule has 0 saturated heterocycles. The van der Waals surface area contributed by atoms with Crippen LogP contribution in [0.15, 0.2) is 0 Å². The fourth-order valence-corrected chi connectivity index (χ4v) is 0.819. The molecule has 0 aliphatic rings. The molecule has 0 spiro atoms. The summed E-state index contributed by atoms with van der Waals surface area (Å²) in [4.78, 5) is 23.1. The van der Waals surface area contributed by atoms with Crippen LogP contribution in [-0.4, -0.2) is 14.7 Å². The molecule has 6 nitrogen and oxygen atoms in total. The average Bonchev–Trinajstić information content (AvgIpc) is 1.21. The van der Waals surface area contributed by atoms with Gasteiger partial charge in [0.25, 0.3) is 0 Å². The summed E-state index contributed by atoms with van der Waals surface area (Å²) >= 11 is 0. The SMILES string of the molecule is O=[P+](O)OP(=O)(O)O.[H+].[H-].[H-].[H-].[Na+].[Na+].[Na+]. The Morgan fingerprint density at radius 2 is 1.64 bits per heavy atom. The van der Waals surface area contributed by atoms with Crippen molar-refractivity contribution in [2.45, 2.75) is 0 Å². The molecule has 3 N–H and O–H groups in total. The van der Waals surface area contributed by atoms with Gasteiger partial charge >= 0.3 is 106 Å². The van der Waals surface area contributed by atoms with E-state index in [-0.39, 0.29) is 94.4 Å². The molecule has 0 radical (unpaired) electrons. The minimum atomic E-state index is -4.76. The smallest absolute Gasteiger partial charge is 1.00 e. The van der Waals surface area contributed by atoms with Crippen LogP contribution < -0.4 is 88.7 Å². The van der Waals surface area contributed by atoms with Gasteiger partial charge < -0.3 is 14.1 Å². The van der Waals surface area contributed by atoms with E-state index in [2.05, 4.69) is 4.31 Å². The normalized spacial score (nSPS) is 9.91. The molecular weight excluding hydrogens is 227 g/mol. The Morgan fingerprint density at radius 3 is 1.64 bits per heavy atom. The topological polar surface area (TPSA) is 104 Å². The van der Waals surface area contributed by atoms with Gasteiger partial charge in [0.15, 0.2) is 0 Å². The molecule has 0 amide bonds. The van der Waals surface area contributed by atoms with Crippen LogP contribution in [0.3, 0.4) is 0 Å². The van der Waals surface area contributed by atoms with Gasteiger partial charge in [0.05, 0.1) is 0 Å². The summed E-state index contributed by atoms with van der Waals surface area (Å²) in [5.41, 5.74) is 0. The monoisotopic (exact) mass is 234 g/mol. The molecule has 11 heavy (non-hydrogen) atoms. The van der Waals surface area contributed by atoms with Crippen LogP contribution in [0.1, 0.15) is 5.71 Å². The summed E-state index contributed by atoms with van der Waals surface area (Å²) in [7, 11) is -7.96. The second-order valence-corrected chi connectivity index (χ2v) is 2.92. The van der Waals surface area contributed by atoms with Crippen molar-refractivity contribution in [3.63, 3.8) is 0 Å². The van der Waals surface area contributed by atoms with Crippen LogP contribution in [0.2, 0.25) is 0 Å². The van der Waals surface area contributed by atoms with Crippen LogP contribution in [0, 0.1) is 0 Å². The molecule has 0 bridgehead atoms. The van der Waals surface area contributed by atoms with Gasteiger partial charge in [0.1, 0.15) is 0 Å². The Kier molecular flexibility index (Phi) is 24.3. The Morgan fingerprint density at radius 1 is 1.36 bits per heavy atom. The van der Waals surface area contributed by atoms with E-state index < -0.39 is 16.1 Å². The van der Waals surface area contributed by atoms with Crippen molar-refractivity contribution < 1.29 is 122 Å². The average molecular weight is 234 g/mol. The Labute approximate surface area is 136 Å². The zero-order chi connectivity index (χ0) is 6.78. The van der Waals surface area contributed by atoms with Crippen molar-refractivity contribution in [1.82, 2.24) is 0 Å². The molecule has 11 heteroatoms. The van der Waals surface area contributed by atoms with Gasteiger partial charge in [-0.1, -0.05) is 0 Å². The summed E-state index contributed by atoms with van der Waals surface area (Å²) in [5.74, 6) is 0. The minimum absolute atomic E-state index is 0. The summed E-state index contributed by atoms with van der Waals surface area (Å²) in [5, 5.41) is 0. The summed E-state index contributed by atoms with van der Waals surface area (Å²) in [6, 6.07) is 0. The fourth-order valence-electron chi connectivity index (χ4n) is 0.0910. The Hall–Kier alpha value is 3.17. The van der Waals surface area contributed by atoms with E-state index in [1.54, 1.807) is 0 Å². The first-order valence-electron chi connectivity index (χ1n) is 1.33. The predicted molar refractivity (Wildman–Crippen MR) is 27.4 cm³/mol. The molecule has 0 aliphatic carbocycles. The van der Waals surface area contributed by atoms with E-state index in [1.807, 2.05) is 0 Å². The van der Waals surface area contributed by atoms with E-state index in [0.29, 0.717) is 0 Å². The molecule has 1 atom stereocenters. The van der Waals surface area contributed by atoms with Crippen molar-refractivity contribution in [3.05, 3.63) is 0 Å².